The maximum Gasteiger partial charge on any atom is 0.262 e. The lowest BCUT2D eigenvalue weighted by molar-refractivity contribution is -0.118. The van der Waals surface area contributed by atoms with E-state index in [1.165, 1.54) is 19.2 Å². The maximum atomic E-state index is 11.7. The number of rotatable bonds is 5. The predicted molar refractivity (Wildman–Crippen MR) is 75.2 cm³/mol. The van der Waals surface area contributed by atoms with E-state index in [0.29, 0.717) is 17.2 Å². The van der Waals surface area contributed by atoms with Gasteiger partial charge < -0.3 is 19.9 Å². The third kappa shape index (κ3) is 3.65. The molecule has 0 heterocycles. The molecular weight excluding hydrogens is 258 g/mol. The van der Waals surface area contributed by atoms with E-state index in [1.54, 1.807) is 30.3 Å². The van der Waals surface area contributed by atoms with Crippen LogP contribution in [0.25, 0.3) is 0 Å². The van der Waals surface area contributed by atoms with Crippen molar-refractivity contribution in [3.8, 4) is 17.2 Å². The Morgan fingerprint density at radius 3 is 2.60 bits per heavy atom. The first-order valence-corrected chi connectivity index (χ1v) is 6.04. The van der Waals surface area contributed by atoms with E-state index in [1.807, 2.05) is 6.07 Å². The second-order valence-electron chi connectivity index (χ2n) is 4.04. The molecule has 0 saturated carbocycles. The number of carbonyl (C=O) groups is 1. The predicted octanol–water partition coefficient (Wildman–Crippen LogP) is 2.42. The van der Waals surface area contributed by atoms with Crippen molar-refractivity contribution in [2.45, 2.75) is 0 Å². The summed E-state index contributed by atoms with van der Waals surface area (Å²) in [4.78, 5) is 11.7. The summed E-state index contributed by atoms with van der Waals surface area (Å²) in [5.74, 6) is 0.841. The highest BCUT2D eigenvalue weighted by atomic mass is 16.5. The number of anilines is 1. The maximum absolute atomic E-state index is 11.7. The van der Waals surface area contributed by atoms with Gasteiger partial charge in [0.2, 0.25) is 0 Å². The minimum atomic E-state index is -0.318. The molecule has 0 aliphatic carbocycles. The Kier molecular flexibility index (Phi) is 4.44. The van der Waals surface area contributed by atoms with Gasteiger partial charge in [0.25, 0.3) is 5.91 Å². The molecule has 0 spiro atoms. The molecule has 5 nitrogen and oxygen atoms in total. The van der Waals surface area contributed by atoms with Gasteiger partial charge in [-0.15, -0.1) is 0 Å². The summed E-state index contributed by atoms with van der Waals surface area (Å²) in [5.41, 5.74) is 0.513. The van der Waals surface area contributed by atoms with E-state index in [0.717, 1.165) is 0 Å². The smallest absolute Gasteiger partial charge is 0.262 e. The Balaban J connectivity index is 1.92. The first-order valence-electron chi connectivity index (χ1n) is 6.04. The number of ether oxygens (including phenoxy) is 2. The summed E-state index contributed by atoms with van der Waals surface area (Å²) in [6.07, 6.45) is 0. The first kappa shape index (κ1) is 13.7. The quantitative estimate of drug-likeness (QED) is 0.878. The molecule has 0 radical (unpaired) electrons. The normalized spacial score (nSPS) is 9.85. The van der Waals surface area contributed by atoms with E-state index in [9.17, 15) is 9.90 Å². The molecule has 0 bridgehead atoms. The van der Waals surface area contributed by atoms with Crippen molar-refractivity contribution in [2.24, 2.45) is 0 Å². The van der Waals surface area contributed by atoms with E-state index >= 15 is 0 Å². The highest BCUT2D eigenvalue weighted by molar-refractivity contribution is 5.92. The fourth-order valence-corrected chi connectivity index (χ4v) is 1.66. The van der Waals surface area contributed by atoms with Gasteiger partial charge in [0.15, 0.2) is 18.1 Å². The zero-order valence-corrected chi connectivity index (χ0v) is 11.0. The Morgan fingerprint density at radius 1 is 1.15 bits per heavy atom. The number of benzene rings is 2. The molecule has 5 heteroatoms. The number of methoxy groups -OCH3 is 1. The number of hydrogen-bond donors (Lipinski definition) is 2. The van der Waals surface area contributed by atoms with Gasteiger partial charge >= 0.3 is 0 Å². The van der Waals surface area contributed by atoms with Gasteiger partial charge in [-0.05, 0) is 24.3 Å². The van der Waals surface area contributed by atoms with Crippen molar-refractivity contribution in [1.29, 1.82) is 0 Å². The van der Waals surface area contributed by atoms with Gasteiger partial charge in [-0.2, -0.15) is 0 Å². The second-order valence-corrected chi connectivity index (χ2v) is 4.04. The van der Waals surface area contributed by atoms with Crippen molar-refractivity contribution < 1.29 is 19.4 Å². The summed E-state index contributed by atoms with van der Waals surface area (Å²) in [5, 5.41) is 11.9. The Morgan fingerprint density at radius 2 is 1.90 bits per heavy atom. The molecule has 20 heavy (non-hydrogen) atoms. The van der Waals surface area contributed by atoms with Crippen LogP contribution in [0.2, 0.25) is 0 Å². The van der Waals surface area contributed by atoms with Crippen LogP contribution in [0.15, 0.2) is 48.5 Å². The van der Waals surface area contributed by atoms with Gasteiger partial charge in [-0.3, -0.25) is 4.79 Å². The van der Waals surface area contributed by atoms with Gasteiger partial charge in [0, 0.05) is 11.8 Å². The molecule has 2 rings (SSSR count). The highest BCUT2D eigenvalue weighted by Gasteiger charge is 2.07. The van der Waals surface area contributed by atoms with Gasteiger partial charge in [0.1, 0.15) is 5.75 Å². The van der Waals surface area contributed by atoms with Gasteiger partial charge in [-0.25, -0.2) is 0 Å². The van der Waals surface area contributed by atoms with Crippen molar-refractivity contribution in [3.63, 3.8) is 0 Å². The molecule has 0 aliphatic heterocycles. The Labute approximate surface area is 116 Å². The second kappa shape index (κ2) is 6.47. The number of phenolic OH excluding ortho intramolecular Hbond substituents is 1. The fourth-order valence-electron chi connectivity index (χ4n) is 1.66. The van der Waals surface area contributed by atoms with Gasteiger partial charge in [-0.1, -0.05) is 18.2 Å². The average Bonchev–Trinajstić information content (AvgIpc) is 2.45. The largest absolute Gasteiger partial charge is 0.508 e. The molecule has 2 aromatic carbocycles. The monoisotopic (exact) mass is 273 g/mol. The Hall–Kier alpha value is -2.69. The molecule has 104 valence electrons. The number of amides is 1. The number of para-hydroxylation sites is 2. The standard InChI is InChI=1S/C15H15NO4/c1-19-13-7-2-3-8-14(13)20-10-15(18)16-11-5-4-6-12(17)9-11/h2-9,17H,10H2,1H3,(H,16,18). The van der Waals surface area contributed by atoms with Crippen LogP contribution < -0.4 is 14.8 Å². The number of hydrogen-bond acceptors (Lipinski definition) is 4. The number of nitrogens with one attached hydrogen (secondary N) is 1. The summed E-state index contributed by atoms with van der Waals surface area (Å²) >= 11 is 0. The molecule has 0 fully saturated rings. The van der Waals surface area contributed by atoms with Crippen LogP contribution in [0.3, 0.4) is 0 Å². The molecule has 2 aromatic rings. The lowest BCUT2D eigenvalue weighted by Crippen LogP contribution is -2.20. The number of carbonyl (C=O) groups excluding carboxylic acids is 1. The van der Waals surface area contributed by atoms with Crippen molar-refractivity contribution >= 4 is 11.6 Å². The molecule has 0 unspecified atom stereocenters. The number of phenols is 1. The van der Waals surface area contributed by atoms with Crippen molar-refractivity contribution in [3.05, 3.63) is 48.5 Å². The van der Waals surface area contributed by atoms with E-state index in [2.05, 4.69) is 5.32 Å². The molecule has 0 saturated heterocycles. The zero-order chi connectivity index (χ0) is 14.4. The van der Waals surface area contributed by atoms with Crippen LogP contribution in [0, 0.1) is 0 Å². The third-order valence-corrected chi connectivity index (χ3v) is 2.56. The third-order valence-electron chi connectivity index (χ3n) is 2.56. The molecule has 0 aliphatic rings. The van der Waals surface area contributed by atoms with Crippen molar-refractivity contribution in [2.75, 3.05) is 19.0 Å². The van der Waals surface area contributed by atoms with Crippen LogP contribution in [0.5, 0.6) is 17.2 Å². The molecule has 2 N–H and O–H groups in total. The molecule has 1 amide bonds. The van der Waals surface area contributed by atoms with E-state index in [-0.39, 0.29) is 18.3 Å². The van der Waals surface area contributed by atoms with Gasteiger partial charge in [0.05, 0.1) is 7.11 Å². The lowest BCUT2D eigenvalue weighted by Gasteiger charge is -2.10. The van der Waals surface area contributed by atoms with E-state index < -0.39 is 0 Å². The Bertz CT molecular complexity index is 598. The summed E-state index contributed by atoms with van der Waals surface area (Å²) in [6, 6.07) is 13.4. The van der Waals surface area contributed by atoms with Crippen LogP contribution in [-0.2, 0) is 4.79 Å². The summed E-state index contributed by atoms with van der Waals surface area (Å²) < 4.78 is 10.5. The van der Waals surface area contributed by atoms with Crippen LogP contribution in [0.1, 0.15) is 0 Å². The minimum absolute atomic E-state index is 0.0912. The number of aromatic hydroxyl groups is 1. The topological polar surface area (TPSA) is 67.8 Å². The SMILES string of the molecule is COc1ccccc1OCC(=O)Nc1cccc(O)c1. The van der Waals surface area contributed by atoms with Crippen LogP contribution in [0.4, 0.5) is 5.69 Å². The van der Waals surface area contributed by atoms with E-state index in [4.69, 9.17) is 9.47 Å². The highest BCUT2D eigenvalue weighted by Crippen LogP contribution is 2.25. The summed E-state index contributed by atoms with van der Waals surface area (Å²) in [7, 11) is 1.54. The zero-order valence-electron chi connectivity index (χ0n) is 11.0. The van der Waals surface area contributed by atoms with Crippen LogP contribution in [-0.4, -0.2) is 24.7 Å². The van der Waals surface area contributed by atoms with Crippen molar-refractivity contribution in [1.82, 2.24) is 0 Å². The molecule has 0 aromatic heterocycles. The average molecular weight is 273 g/mol. The summed E-state index contributed by atoms with van der Waals surface area (Å²) in [6.45, 7) is -0.143. The fraction of sp³-hybridized carbons (Fsp3) is 0.133. The molecule has 0 atom stereocenters. The lowest BCUT2D eigenvalue weighted by atomic mass is 10.3. The minimum Gasteiger partial charge on any atom is -0.508 e. The first-order chi connectivity index (χ1) is 9.69. The van der Waals surface area contributed by atoms with Crippen LogP contribution >= 0.6 is 0 Å². The molecular formula is C15H15NO4.